The molecule has 1 spiro atoms. The van der Waals surface area contributed by atoms with Gasteiger partial charge in [0, 0.05) is 12.1 Å². The Kier molecular flexibility index (Phi) is 5.20. The summed E-state index contributed by atoms with van der Waals surface area (Å²) in [5, 5.41) is 1.82. The van der Waals surface area contributed by atoms with Crippen LogP contribution >= 0.6 is 11.6 Å². The predicted octanol–water partition coefficient (Wildman–Crippen LogP) is 4.01. The van der Waals surface area contributed by atoms with Crippen LogP contribution in [-0.4, -0.2) is 29.2 Å². The molecular formula is C18H18ClF3N2O3. The Morgan fingerprint density at radius 2 is 1.85 bits per heavy atom. The molecule has 5 nitrogen and oxygen atoms in total. The van der Waals surface area contributed by atoms with Crippen LogP contribution in [0.1, 0.15) is 44.1 Å². The second-order valence-electron chi connectivity index (χ2n) is 7.04. The summed E-state index contributed by atoms with van der Waals surface area (Å²) in [7, 11) is 0. The van der Waals surface area contributed by atoms with Crippen molar-refractivity contribution in [1.29, 1.82) is 0 Å². The van der Waals surface area contributed by atoms with E-state index in [1.54, 1.807) is 0 Å². The van der Waals surface area contributed by atoms with Gasteiger partial charge in [-0.15, -0.1) is 0 Å². The molecule has 9 heteroatoms. The zero-order valence-electron chi connectivity index (χ0n) is 14.4. The molecule has 2 aliphatic rings. The van der Waals surface area contributed by atoms with Gasteiger partial charge in [0.25, 0.3) is 0 Å². The Morgan fingerprint density at radius 1 is 1.19 bits per heavy atom. The molecule has 1 N–H and O–H groups in total. The van der Waals surface area contributed by atoms with E-state index in [2.05, 4.69) is 5.32 Å². The van der Waals surface area contributed by atoms with Crippen LogP contribution in [0.5, 0.6) is 0 Å². The van der Waals surface area contributed by atoms with Gasteiger partial charge in [0.05, 0.1) is 16.0 Å². The Balaban J connectivity index is 1.69. The van der Waals surface area contributed by atoms with Crippen molar-refractivity contribution in [2.75, 3.05) is 11.9 Å². The van der Waals surface area contributed by atoms with E-state index in [1.165, 1.54) is 6.07 Å². The average Bonchev–Trinajstić information content (AvgIpc) is 2.80. The molecule has 1 aromatic carbocycles. The molecule has 1 aromatic rings. The molecule has 3 amide bonds. The van der Waals surface area contributed by atoms with Crippen molar-refractivity contribution in [2.45, 2.75) is 44.7 Å². The molecule has 1 aliphatic heterocycles. The van der Waals surface area contributed by atoms with Crippen LogP contribution in [0.3, 0.4) is 0 Å². The summed E-state index contributed by atoms with van der Waals surface area (Å²) in [5.41, 5.74) is -1.89. The van der Waals surface area contributed by atoms with Gasteiger partial charge in [-0.25, -0.2) is 0 Å². The highest BCUT2D eigenvalue weighted by Crippen LogP contribution is 2.45. The molecule has 27 heavy (non-hydrogen) atoms. The van der Waals surface area contributed by atoms with E-state index >= 15 is 0 Å². The predicted molar refractivity (Wildman–Crippen MR) is 91.9 cm³/mol. The highest BCUT2D eigenvalue weighted by Gasteiger charge is 2.51. The largest absolute Gasteiger partial charge is 0.417 e. The average molecular weight is 403 g/mol. The number of benzene rings is 1. The van der Waals surface area contributed by atoms with Crippen LogP contribution in [0.4, 0.5) is 18.9 Å². The third kappa shape index (κ3) is 3.95. The maximum absolute atomic E-state index is 12.9. The van der Waals surface area contributed by atoms with Gasteiger partial charge in [0.15, 0.2) is 0 Å². The van der Waals surface area contributed by atoms with Crippen molar-refractivity contribution in [3.63, 3.8) is 0 Å². The first-order valence-electron chi connectivity index (χ1n) is 8.64. The number of carbonyl (C=O) groups excluding carboxylic acids is 3. The molecule has 0 atom stereocenters. The van der Waals surface area contributed by atoms with Gasteiger partial charge in [-0.3, -0.25) is 19.3 Å². The number of amides is 3. The van der Waals surface area contributed by atoms with Gasteiger partial charge in [0.1, 0.15) is 6.54 Å². The van der Waals surface area contributed by atoms with E-state index in [0.717, 1.165) is 36.3 Å². The van der Waals surface area contributed by atoms with Gasteiger partial charge < -0.3 is 5.32 Å². The summed E-state index contributed by atoms with van der Waals surface area (Å²) >= 11 is 5.55. The van der Waals surface area contributed by atoms with Crippen molar-refractivity contribution < 1.29 is 27.6 Å². The number of anilines is 1. The fourth-order valence-electron chi connectivity index (χ4n) is 3.80. The minimum absolute atomic E-state index is 0.0955. The summed E-state index contributed by atoms with van der Waals surface area (Å²) in [6, 6.07) is 2.98. The standard InChI is InChI=1S/C18H18ClF3N2O3/c19-13-5-4-11(8-12(13)18(20,21)22)23-14(25)10-24-15(26)9-17(16(24)27)6-2-1-3-7-17/h4-5,8H,1-3,6-7,9-10H2,(H,23,25). The second-order valence-corrected chi connectivity index (χ2v) is 7.45. The topological polar surface area (TPSA) is 66.5 Å². The quantitative estimate of drug-likeness (QED) is 0.777. The molecule has 1 heterocycles. The maximum Gasteiger partial charge on any atom is 0.417 e. The normalized spacial score (nSPS) is 19.6. The van der Waals surface area contributed by atoms with Gasteiger partial charge in [-0.05, 0) is 31.0 Å². The Morgan fingerprint density at radius 3 is 2.48 bits per heavy atom. The first-order valence-corrected chi connectivity index (χ1v) is 9.02. The molecule has 0 aromatic heterocycles. The summed E-state index contributed by atoms with van der Waals surface area (Å²) in [5.74, 6) is -1.50. The van der Waals surface area contributed by atoms with Crippen molar-refractivity contribution >= 4 is 35.0 Å². The second kappa shape index (κ2) is 7.14. The minimum atomic E-state index is -4.66. The number of rotatable bonds is 3. The number of hydrogen-bond acceptors (Lipinski definition) is 3. The lowest BCUT2D eigenvalue weighted by atomic mass is 9.73. The Hall–Kier alpha value is -2.09. The highest BCUT2D eigenvalue weighted by molar-refractivity contribution is 6.31. The van der Waals surface area contributed by atoms with E-state index in [0.29, 0.717) is 12.8 Å². The first kappa shape index (κ1) is 19.7. The molecule has 1 saturated carbocycles. The number of halogens is 4. The molecule has 1 aliphatic carbocycles. The first-order chi connectivity index (χ1) is 12.6. The lowest BCUT2D eigenvalue weighted by molar-refractivity contribution is -0.144. The van der Waals surface area contributed by atoms with Crippen molar-refractivity contribution in [1.82, 2.24) is 4.90 Å². The van der Waals surface area contributed by atoms with Crippen molar-refractivity contribution in [3.05, 3.63) is 28.8 Å². The maximum atomic E-state index is 12.9. The van der Waals surface area contributed by atoms with E-state index in [9.17, 15) is 27.6 Å². The minimum Gasteiger partial charge on any atom is -0.325 e. The smallest absolute Gasteiger partial charge is 0.325 e. The van der Waals surface area contributed by atoms with E-state index in [-0.39, 0.29) is 18.0 Å². The third-order valence-electron chi connectivity index (χ3n) is 5.16. The zero-order chi connectivity index (χ0) is 19.8. The molecule has 3 rings (SSSR count). The zero-order valence-corrected chi connectivity index (χ0v) is 15.1. The van der Waals surface area contributed by atoms with Crippen molar-refractivity contribution in [3.8, 4) is 0 Å². The molecule has 146 valence electrons. The number of nitrogens with zero attached hydrogens (tertiary/aromatic N) is 1. The van der Waals surface area contributed by atoms with Crippen LogP contribution in [0, 0.1) is 5.41 Å². The number of carbonyl (C=O) groups is 3. The van der Waals surface area contributed by atoms with E-state index < -0.39 is 40.5 Å². The number of hydrogen-bond donors (Lipinski definition) is 1. The molecular weight excluding hydrogens is 385 g/mol. The number of likely N-dealkylation sites (tertiary alicyclic amines) is 1. The van der Waals surface area contributed by atoms with Crippen LogP contribution in [0.15, 0.2) is 18.2 Å². The number of alkyl halides is 3. The number of imide groups is 1. The van der Waals surface area contributed by atoms with Crippen LogP contribution < -0.4 is 5.32 Å². The van der Waals surface area contributed by atoms with Gasteiger partial charge in [-0.2, -0.15) is 13.2 Å². The van der Waals surface area contributed by atoms with Gasteiger partial charge in [-0.1, -0.05) is 30.9 Å². The van der Waals surface area contributed by atoms with Crippen LogP contribution in [-0.2, 0) is 20.6 Å². The van der Waals surface area contributed by atoms with E-state index in [4.69, 9.17) is 11.6 Å². The molecule has 0 bridgehead atoms. The lowest BCUT2D eigenvalue weighted by Crippen LogP contribution is -2.41. The molecule has 0 unspecified atom stereocenters. The summed E-state index contributed by atoms with van der Waals surface area (Å²) in [4.78, 5) is 38.0. The number of nitrogens with one attached hydrogen (secondary N) is 1. The van der Waals surface area contributed by atoms with Crippen LogP contribution in [0.2, 0.25) is 5.02 Å². The van der Waals surface area contributed by atoms with Crippen LogP contribution in [0.25, 0.3) is 0 Å². The Labute approximate surface area is 158 Å². The summed E-state index contributed by atoms with van der Waals surface area (Å²) < 4.78 is 38.7. The molecule has 1 saturated heterocycles. The fourth-order valence-corrected chi connectivity index (χ4v) is 4.03. The van der Waals surface area contributed by atoms with E-state index in [1.807, 2.05) is 0 Å². The summed E-state index contributed by atoms with van der Waals surface area (Å²) in [6.07, 6.45) is -0.566. The van der Waals surface area contributed by atoms with Gasteiger partial charge >= 0.3 is 6.18 Å². The highest BCUT2D eigenvalue weighted by atomic mass is 35.5. The summed E-state index contributed by atoms with van der Waals surface area (Å²) in [6.45, 7) is -0.511. The molecule has 2 fully saturated rings. The van der Waals surface area contributed by atoms with Crippen molar-refractivity contribution in [2.24, 2.45) is 5.41 Å². The SMILES string of the molecule is O=C(CN1C(=O)CC2(CCCCC2)C1=O)Nc1ccc(Cl)c(C(F)(F)F)c1. The van der Waals surface area contributed by atoms with Gasteiger partial charge in [0.2, 0.25) is 17.7 Å². The monoisotopic (exact) mass is 402 g/mol. The fraction of sp³-hybridized carbons (Fsp3) is 0.500. The molecule has 0 radical (unpaired) electrons. The third-order valence-corrected chi connectivity index (χ3v) is 5.49. The lowest BCUT2D eigenvalue weighted by Gasteiger charge is -2.30. The Bertz CT molecular complexity index is 789.